The molecule has 2 rings (SSSR count). The molecule has 1 heterocycles. The smallest absolute Gasteiger partial charge is 0.335 e. The fraction of sp³-hybridized carbons (Fsp3) is 0.267. The molecule has 0 atom stereocenters. The van der Waals surface area contributed by atoms with Crippen LogP contribution in [0.2, 0.25) is 0 Å². The third kappa shape index (κ3) is 3.68. The largest absolute Gasteiger partial charge is 0.478 e. The number of benzene rings is 1. The Labute approximate surface area is 116 Å². The van der Waals surface area contributed by atoms with E-state index in [2.05, 4.69) is 0 Å². The van der Waals surface area contributed by atoms with E-state index in [1.54, 1.807) is 6.26 Å². The maximum absolute atomic E-state index is 13.4. The Morgan fingerprint density at radius 2 is 2.15 bits per heavy atom. The first-order valence-corrected chi connectivity index (χ1v) is 6.36. The van der Waals surface area contributed by atoms with Gasteiger partial charge in [0.25, 0.3) is 0 Å². The zero-order chi connectivity index (χ0) is 14.5. The van der Waals surface area contributed by atoms with Crippen molar-refractivity contribution in [3.05, 3.63) is 59.3 Å². The van der Waals surface area contributed by atoms with Crippen LogP contribution in [-0.2, 0) is 13.1 Å². The Hall–Kier alpha value is -2.14. The second-order valence-electron chi connectivity index (χ2n) is 4.54. The Morgan fingerprint density at radius 3 is 2.75 bits per heavy atom. The highest BCUT2D eigenvalue weighted by molar-refractivity contribution is 5.87. The van der Waals surface area contributed by atoms with Gasteiger partial charge < -0.3 is 9.52 Å². The molecule has 20 heavy (non-hydrogen) atoms. The minimum Gasteiger partial charge on any atom is -0.478 e. The van der Waals surface area contributed by atoms with Crippen LogP contribution in [0.1, 0.15) is 28.6 Å². The fourth-order valence-electron chi connectivity index (χ4n) is 2.03. The Bertz CT molecular complexity index is 581. The summed E-state index contributed by atoms with van der Waals surface area (Å²) in [6.45, 7) is 3.80. The summed E-state index contributed by atoms with van der Waals surface area (Å²) in [7, 11) is 0. The number of hydrogen-bond acceptors (Lipinski definition) is 3. The molecule has 106 valence electrons. The maximum atomic E-state index is 13.4. The normalized spacial score (nSPS) is 10.9. The van der Waals surface area contributed by atoms with E-state index in [4.69, 9.17) is 9.52 Å². The zero-order valence-electron chi connectivity index (χ0n) is 11.2. The summed E-state index contributed by atoms with van der Waals surface area (Å²) in [5.74, 6) is -0.838. The van der Waals surface area contributed by atoms with Crippen LogP contribution in [-0.4, -0.2) is 22.5 Å². The van der Waals surface area contributed by atoms with Crippen LogP contribution in [0.3, 0.4) is 0 Å². The molecule has 0 saturated carbocycles. The van der Waals surface area contributed by atoms with Crippen molar-refractivity contribution >= 4 is 5.97 Å². The van der Waals surface area contributed by atoms with Gasteiger partial charge in [0.05, 0.1) is 18.4 Å². The van der Waals surface area contributed by atoms with Gasteiger partial charge in [-0.15, -0.1) is 0 Å². The number of nitrogens with zero attached hydrogens (tertiary/aromatic N) is 1. The summed E-state index contributed by atoms with van der Waals surface area (Å²) >= 11 is 0. The number of rotatable bonds is 6. The van der Waals surface area contributed by atoms with E-state index < -0.39 is 11.8 Å². The van der Waals surface area contributed by atoms with Crippen LogP contribution in [0, 0.1) is 5.82 Å². The number of carboxylic acid groups (broad SMARTS) is 1. The fourth-order valence-corrected chi connectivity index (χ4v) is 2.03. The second kappa shape index (κ2) is 6.34. The molecular formula is C15H16FNO3. The SMILES string of the molecule is CCN(Cc1cc(F)cc(C(=O)O)c1)Cc1ccco1. The van der Waals surface area contributed by atoms with Gasteiger partial charge in [-0.05, 0) is 42.4 Å². The minimum absolute atomic E-state index is 0.0333. The first-order valence-electron chi connectivity index (χ1n) is 6.36. The Kier molecular flexibility index (Phi) is 4.53. The number of aromatic carboxylic acids is 1. The van der Waals surface area contributed by atoms with Gasteiger partial charge in [-0.3, -0.25) is 4.90 Å². The van der Waals surface area contributed by atoms with Crippen LogP contribution >= 0.6 is 0 Å². The van der Waals surface area contributed by atoms with Crippen LogP contribution < -0.4 is 0 Å². The number of halogens is 1. The van der Waals surface area contributed by atoms with Gasteiger partial charge in [0, 0.05) is 6.54 Å². The third-order valence-corrected chi connectivity index (χ3v) is 3.02. The highest BCUT2D eigenvalue weighted by Crippen LogP contribution is 2.14. The third-order valence-electron chi connectivity index (χ3n) is 3.02. The Morgan fingerprint density at radius 1 is 1.35 bits per heavy atom. The highest BCUT2D eigenvalue weighted by Gasteiger charge is 2.11. The van der Waals surface area contributed by atoms with E-state index in [1.807, 2.05) is 24.0 Å². The van der Waals surface area contributed by atoms with E-state index in [0.717, 1.165) is 18.4 Å². The minimum atomic E-state index is -1.13. The lowest BCUT2D eigenvalue weighted by Crippen LogP contribution is -2.22. The van der Waals surface area contributed by atoms with Crippen LogP contribution in [0.5, 0.6) is 0 Å². The molecule has 0 amide bonds. The van der Waals surface area contributed by atoms with Gasteiger partial charge in [0.1, 0.15) is 11.6 Å². The van der Waals surface area contributed by atoms with E-state index in [9.17, 15) is 9.18 Å². The average Bonchev–Trinajstić information content (AvgIpc) is 2.90. The van der Waals surface area contributed by atoms with Gasteiger partial charge in [-0.2, -0.15) is 0 Å². The molecule has 0 unspecified atom stereocenters. The maximum Gasteiger partial charge on any atom is 0.335 e. The lowest BCUT2D eigenvalue weighted by atomic mass is 10.1. The first kappa shape index (κ1) is 14.3. The molecule has 0 aliphatic heterocycles. The Balaban J connectivity index is 2.12. The molecule has 0 radical (unpaired) electrons. The molecule has 2 aromatic rings. The number of carbonyl (C=O) groups is 1. The molecule has 0 spiro atoms. The molecule has 0 bridgehead atoms. The summed E-state index contributed by atoms with van der Waals surface area (Å²) in [6.07, 6.45) is 1.61. The predicted octanol–water partition coefficient (Wildman–Crippen LogP) is 3.14. The van der Waals surface area contributed by atoms with Gasteiger partial charge in [-0.1, -0.05) is 6.92 Å². The van der Waals surface area contributed by atoms with Crippen LogP contribution in [0.4, 0.5) is 4.39 Å². The molecule has 0 aliphatic rings. The van der Waals surface area contributed by atoms with Crippen LogP contribution in [0.15, 0.2) is 41.0 Å². The van der Waals surface area contributed by atoms with Crippen molar-refractivity contribution in [1.82, 2.24) is 4.90 Å². The van der Waals surface area contributed by atoms with E-state index >= 15 is 0 Å². The van der Waals surface area contributed by atoms with E-state index in [1.165, 1.54) is 12.1 Å². The molecule has 5 heteroatoms. The summed E-state index contributed by atoms with van der Waals surface area (Å²) in [5, 5.41) is 8.94. The van der Waals surface area contributed by atoms with Crippen LogP contribution in [0.25, 0.3) is 0 Å². The first-order chi connectivity index (χ1) is 9.58. The standard InChI is InChI=1S/C15H16FNO3/c1-2-17(10-14-4-3-5-20-14)9-11-6-12(15(18)19)8-13(16)7-11/h3-8H,2,9-10H2,1H3,(H,18,19). The quantitative estimate of drug-likeness (QED) is 0.881. The molecule has 1 aromatic heterocycles. The van der Waals surface area contributed by atoms with Gasteiger partial charge in [-0.25, -0.2) is 9.18 Å². The molecule has 0 saturated heterocycles. The lowest BCUT2D eigenvalue weighted by molar-refractivity contribution is 0.0696. The van der Waals surface area contributed by atoms with Crippen molar-refractivity contribution in [2.24, 2.45) is 0 Å². The van der Waals surface area contributed by atoms with E-state index in [-0.39, 0.29) is 5.56 Å². The molecule has 0 aliphatic carbocycles. The number of carboxylic acids is 1. The topological polar surface area (TPSA) is 53.7 Å². The van der Waals surface area contributed by atoms with Crippen molar-refractivity contribution < 1.29 is 18.7 Å². The summed E-state index contributed by atoms with van der Waals surface area (Å²) < 4.78 is 18.7. The highest BCUT2D eigenvalue weighted by atomic mass is 19.1. The number of furan rings is 1. The van der Waals surface area contributed by atoms with Crippen molar-refractivity contribution in [2.75, 3.05) is 6.54 Å². The number of hydrogen-bond donors (Lipinski definition) is 1. The average molecular weight is 277 g/mol. The lowest BCUT2D eigenvalue weighted by Gasteiger charge is -2.19. The van der Waals surface area contributed by atoms with Crippen molar-refractivity contribution in [3.8, 4) is 0 Å². The van der Waals surface area contributed by atoms with Gasteiger partial charge in [0.15, 0.2) is 0 Å². The van der Waals surface area contributed by atoms with Crippen molar-refractivity contribution in [1.29, 1.82) is 0 Å². The summed E-state index contributed by atoms with van der Waals surface area (Å²) in [4.78, 5) is 13.0. The summed E-state index contributed by atoms with van der Waals surface area (Å²) in [6, 6.07) is 7.56. The second-order valence-corrected chi connectivity index (χ2v) is 4.54. The summed E-state index contributed by atoms with van der Waals surface area (Å²) in [5.41, 5.74) is 0.602. The van der Waals surface area contributed by atoms with Crippen molar-refractivity contribution in [3.63, 3.8) is 0 Å². The monoisotopic (exact) mass is 277 g/mol. The van der Waals surface area contributed by atoms with Gasteiger partial charge >= 0.3 is 5.97 Å². The molecule has 1 aromatic carbocycles. The van der Waals surface area contributed by atoms with Crippen molar-refractivity contribution in [2.45, 2.75) is 20.0 Å². The molecule has 4 nitrogen and oxygen atoms in total. The molecular weight excluding hydrogens is 261 g/mol. The van der Waals surface area contributed by atoms with E-state index in [0.29, 0.717) is 18.7 Å². The molecule has 0 fully saturated rings. The zero-order valence-corrected chi connectivity index (χ0v) is 11.2. The molecule has 1 N–H and O–H groups in total. The predicted molar refractivity (Wildman–Crippen MR) is 71.9 cm³/mol. The van der Waals surface area contributed by atoms with Gasteiger partial charge in [0.2, 0.25) is 0 Å².